The Hall–Kier alpha value is -2.32. The summed E-state index contributed by atoms with van der Waals surface area (Å²) < 4.78 is 0. The van der Waals surface area contributed by atoms with Crippen molar-refractivity contribution in [1.82, 2.24) is 0 Å². The molecule has 1 aliphatic rings. The fourth-order valence-electron chi connectivity index (χ4n) is 3.05. The number of nitrogens with zero attached hydrogens (tertiary/aromatic N) is 1. The summed E-state index contributed by atoms with van der Waals surface area (Å²) in [6, 6.07) is 15.9. The number of anilines is 1. The summed E-state index contributed by atoms with van der Waals surface area (Å²) >= 11 is 6.04. The minimum absolute atomic E-state index is 0.155. The van der Waals surface area contributed by atoms with Crippen LogP contribution in [0.4, 0.5) is 5.69 Å². The van der Waals surface area contributed by atoms with E-state index in [2.05, 4.69) is 29.2 Å². The zero-order valence-corrected chi connectivity index (χ0v) is 15.4. The number of carbonyl (C=O) groups is 1. The molecule has 2 aromatic rings. The number of carbonyl (C=O) groups excluding carboxylic acids is 1. The second kappa shape index (κ2) is 7.71. The Balaban J connectivity index is 1.84. The van der Waals surface area contributed by atoms with E-state index in [1.54, 1.807) is 0 Å². The second-order valence-electron chi connectivity index (χ2n) is 6.56. The first-order chi connectivity index (χ1) is 12.0. The van der Waals surface area contributed by atoms with Crippen LogP contribution in [0.1, 0.15) is 30.4 Å². The smallest absolute Gasteiger partial charge is 0.185 e. The Morgan fingerprint density at radius 1 is 0.920 bits per heavy atom. The molecule has 0 radical (unpaired) electrons. The van der Waals surface area contributed by atoms with E-state index in [1.807, 2.05) is 50.5 Å². The summed E-state index contributed by atoms with van der Waals surface area (Å²) in [6.45, 7) is 0. The van der Waals surface area contributed by atoms with E-state index in [0.29, 0.717) is 5.02 Å². The van der Waals surface area contributed by atoms with Gasteiger partial charge in [-0.2, -0.15) is 0 Å². The molecule has 1 aliphatic carbocycles. The van der Waals surface area contributed by atoms with Crippen LogP contribution in [-0.2, 0) is 4.79 Å². The normalized spacial score (nSPS) is 18.0. The number of halogens is 1. The number of Topliss-reactive ketones (excluding diaryl/α,β-unsaturated/α-hetero) is 1. The van der Waals surface area contributed by atoms with Gasteiger partial charge >= 0.3 is 0 Å². The quantitative estimate of drug-likeness (QED) is 0.668. The molecule has 0 N–H and O–H groups in total. The van der Waals surface area contributed by atoms with Gasteiger partial charge in [0.25, 0.3) is 0 Å². The number of ketones is 1. The maximum absolute atomic E-state index is 12.8. The predicted molar refractivity (Wildman–Crippen MR) is 107 cm³/mol. The lowest BCUT2D eigenvalue weighted by Crippen LogP contribution is -2.12. The van der Waals surface area contributed by atoms with Crippen molar-refractivity contribution in [3.8, 4) is 0 Å². The standard InChI is InChI=1S/C22H22ClNO/c1-24(2)21-11-9-16(10-12-21)13-18-6-4-7-19(22(18)25)14-17-5-3-8-20(23)15-17/h3,5,8-15H,4,6-7H2,1-2H3. The highest BCUT2D eigenvalue weighted by Gasteiger charge is 2.20. The van der Waals surface area contributed by atoms with Crippen molar-refractivity contribution < 1.29 is 4.79 Å². The predicted octanol–water partition coefficient (Wildman–Crippen LogP) is 5.63. The van der Waals surface area contributed by atoms with Gasteiger partial charge in [-0.1, -0.05) is 35.9 Å². The van der Waals surface area contributed by atoms with Gasteiger partial charge in [0.1, 0.15) is 0 Å². The van der Waals surface area contributed by atoms with E-state index in [4.69, 9.17) is 11.6 Å². The largest absolute Gasteiger partial charge is 0.378 e. The van der Waals surface area contributed by atoms with Gasteiger partial charge in [-0.25, -0.2) is 0 Å². The number of hydrogen-bond acceptors (Lipinski definition) is 2. The molecule has 3 rings (SSSR count). The first-order valence-electron chi connectivity index (χ1n) is 8.52. The van der Waals surface area contributed by atoms with Gasteiger partial charge in [-0.15, -0.1) is 0 Å². The lowest BCUT2D eigenvalue weighted by atomic mass is 9.87. The lowest BCUT2D eigenvalue weighted by molar-refractivity contribution is -0.112. The third kappa shape index (κ3) is 4.40. The van der Waals surface area contributed by atoms with Crippen LogP contribution in [0, 0.1) is 0 Å². The molecule has 0 aliphatic heterocycles. The Labute approximate surface area is 154 Å². The molecular weight excluding hydrogens is 330 g/mol. The van der Waals surface area contributed by atoms with E-state index >= 15 is 0 Å². The molecule has 0 saturated heterocycles. The Morgan fingerprint density at radius 2 is 1.56 bits per heavy atom. The van der Waals surface area contributed by atoms with Crippen molar-refractivity contribution in [3.05, 3.63) is 75.8 Å². The van der Waals surface area contributed by atoms with Crippen LogP contribution in [0.3, 0.4) is 0 Å². The number of hydrogen-bond donors (Lipinski definition) is 0. The highest BCUT2D eigenvalue weighted by Crippen LogP contribution is 2.28. The minimum atomic E-state index is 0.155. The van der Waals surface area contributed by atoms with E-state index in [-0.39, 0.29) is 5.78 Å². The maximum atomic E-state index is 12.8. The SMILES string of the molecule is CN(C)c1ccc(C=C2CCCC(=Cc3cccc(Cl)c3)C2=O)cc1. The maximum Gasteiger partial charge on any atom is 0.185 e. The third-order valence-electron chi connectivity index (χ3n) is 4.42. The Kier molecular flexibility index (Phi) is 5.40. The molecule has 0 bridgehead atoms. The molecule has 0 aromatic heterocycles. The second-order valence-corrected chi connectivity index (χ2v) is 7.00. The molecule has 2 aromatic carbocycles. The average molecular weight is 352 g/mol. The molecule has 0 amide bonds. The van der Waals surface area contributed by atoms with E-state index < -0.39 is 0 Å². The van der Waals surface area contributed by atoms with Crippen LogP contribution >= 0.6 is 11.6 Å². The zero-order chi connectivity index (χ0) is 17.8. The van der Waals surface area contributed by atoms with Gasteiger partial charge in [0.2, 0.25) is 0 Å². The van der Waals surface area contributed by atoms with Crippen LogP contribution in [-0.4, -0.2) is 19.9 Å². The van der Waals surface area contributed by atoms with Crippen LogP contribution < -0.4 is 4.90 Å². The molecule has 128 valence electrons. The summed E-state index contributed by atoms with van der Waals surface area (Å²) in [5.74, 6) is 0.155. The van der Waals surface area contributed by atoms with Crippen LogP contribution in [0.2, 0.25) is 5.02 Å². The molecule has 1 fully saturated rings. The van der Waals surface area contributed by atoms with Crippen LogP contribution in [0.15, 0.2) is 59.7 Å². The summed E-state index contributed by atoms with van der Waals surface area (Å²) in [7, 11) is 4.04. The first-order valence-corrected chi connectivity index (χ1v) is 8.89. The van der Waals surface area contributed by atoms with Gasteiger partial charge in [0.15, 0.2) is 5.78 Å². The van der Waals surface area contributed by atoms with E-state index in [9.17, 15) is 4.79 Å². The van der Waals surface area contributed by atoms with Crippen molar-refractivity contribution >= 4 is 35.2 Å². The zero-order valence-electron chi connectivity index (χ0n) is 14.6. The van der Waals surface area contributed by atoms with Crippen molar-refractivity contribution in [3.63, 3.8) is 0 Å². The summed E-state index contributed by atoms with van der Waals surface area (Å²) in [4.78, 5) is 14.9. The van der Waals surface area contributed by atoms with Gasteiger partial charge in [-0.3, -0.25) is 4.79 Å². The summed E-state index contributed by atoms with van der Waals surface area (Å²) in [5.41, 5.74) is 4.95. The molecule has 2 nitrogen and oxygen atoms in total. The third-order valence-corrected chi connectivity index (χ3v) is 4.65. The molecule has 3 heteroatoms. The van der Waals surface area contributed by atoms with Gasteiger partial charge in [-0.05, 0) is 66.8 Å². The highest BCUT2D eigenvalue weighted by molar-refractivity contribution is 6.30. The van der Waals surface area contributed by atoms with E-state index in [1.165, 1.54) is 0 Å². The minimum Gasteiger partial charge on any atom is -0.378 e. The van der Waals surface area contributed by atoms with Gasteiger partial charge in [0.05, 0.1) is 0 Å². The van der Waals surface area contributed by atoms with Crippen molar-refractivity contribution in [1.29, 1.82) is 0 Å². The van der Waals surface area contributed by atoms with Crippen molar-refractivity contribution in [2.24, 2.45) is 0 Å². The van der Waals surface area contributed by atoms with Crippen molar-refractivity contribution in [2.75, 3.05) is 19.0 Å². The topological polar surface area (TPSA) is 20.3 Å². The molecular formula is C22H22ClNO. The molecule has 25 heavy (non-hydrogen) atoms. The number of rotatable bonds is 3. The molecule has 1 saturated carbocycles. The van der Waals surface area contributed by atoms with Gasteiger partial charge < -0.3 is 4.90 Å². The highest BCUT2D eigenvalue weighted by atomic mass is 35.5. The summed E-state index contributed by atoms with van der Waals surface area (Å²) in [6.07, 6.45) is 6.65. The Morgan fingerprint density at radius 3 is 2.16 bits per heavy atom. The molecule has 0 spiro atoms. The lowest BCUT2D eigenvalue weighted by Gasteiger charge is -2.17. The fraction of sp³-hybridized carbons (Fsp3) is 0.227. The summed E-state index contributed by atoms with van der Waals surface area (Å²) in [5, 5.41) is 0.689. The number of benzene rings is 2. The van der Waals surface area contributed by atoms with Crippen LogP contribution in [0.5, 0.6) is 0 Å². The van der Waals surface area contributed by atoms with Crippen LogP contribution in [0.25, 0.3) is 12.2 Å². The molecule has 0 atom stereocenters. The number of allylic oxidation sites excluding steroid dienone is 2. The van der Waals surface area contributed by atoms with Crippen molar-refractivity contribution in [2.45, 2.75) is 19.3 Å². The monoisotopic (exact) mass is 351 g/mol. The molecule has 0 unspecified atom stereocenters. The first kappa shape index (κ1) is 17.5. The molecule has 0 heterocycles. The average Bonchev–Trinajstić information content (AvgIpc) is 2.59. The Bertz CT molecular complexity index is 831. The fourth-order valence-corrected chi connectivity index (χ4v) is 3.24. The van der Waals surface area contributed by atoms with E-state index in [0.717, 1.165) is 47.2 Å². The van der Waals surface area contributed by atoms with Gasteiger partial charge in [0, 0.05) is 36.0 Å².